The largest absolute Gasteiger partial charge is 0.383 e. The lowest BCUT2D eigenvalue weighted by molar-refractivity contribution is 0.104. The fourth-order valence-electron chi connectivity index (χ4n) is 1.20. The first-order chi connectivity index (χ1) is 7.11. The molecule has 4 nitrogen and oxygen atoms in total. The van der Waals surface area contributed by atoms with E-state index in [9.17, 15) is 4.79 Å². The number of carbonyl (C=O) groups excluding carboxylic acids is 1. The molecule has 0 unspecified atom stereocenters. The van der Waals surface area contributed by atoms with Crippen molar-refractivity contribution in [2.24, 2.45) is 7.05 Å². The van der Waals surface area contributed by atoms with Crippen molar-refractivity contribution in [3.05, 3.63) is 33.1 Å². The Balaban J connectivity index is 2.46. The van der Waals surface area contributed by atoms with Crippen LogP contribution in [0.25, 0.3) is 0 Å². The SMILES string of the molecule is Cn1ncc(C(=O)c2sccc2Cl)c1N. The van der Waals surface area contributed by atoms with Gasteiger partial charge in [-0.3, -0.25) is 9.48 Å². The molecular weight excluding hydrogens is 234 g/mol. The van der Waals surface area contributed by atoms with E-state index in [-0.39, 0.29) is 5.78 Å². The number of thiophene rings is 1. The van der Waals surface area contributed by atoms with Gasteiger partial charge in [-0.15, -0.1) is 11.3 Å². The highest BCUT2D eigenvalue weighted by Crippen LogP contribution is 2.26. The van der Waals surface area contributed by atoms with Crippen LogP contribution in [-0.4, -0.2) is 15.6 Å². The van der Waals surface area contributed by atoms with Gasteiger partial charge < -0.3 is 5.73 Å². The molecule has 0 saturated heterocycles. The predicted molar refractivity (Wildman–Crippen MR) is 60.4 cm³/mol. The molecule has 2 rings (SSSR count). The Kier molecular flexibility index (Phi) is 2.50. The maximum atomic E-state index is 12.0. The molecule has 0 aliphatic rings. The molecule has 15 heavy (non-hydrogen) atoms. The fourth-order valence-corrected chi connectivity index (χ4v) is 2.29. The molecule has 0 atom stereocenters. The maximum Gasteiger partial charge on any atom is 0.209 e. The first-order valence-corrected chi connectivity index (χ1v) is 5.42. The molecule has 0 aromatic carbocycles. The van der Waals surface area contributed by atoms with Gasteiger partial charge in [0, 0.05) is 7.05 Å². The Bertz CT molecular complexity index is 517. The minimum absolute atomic E-state index is 0.180. The van der Waals surface area contributed by atoms with E-state index in [1.165, 1.54) is 22.2 Å². The van der Waals surface area contributed by atoms with Crippen molar-refractivity contribution in [1.29, 1.82) is 0 Å². The first kappa shape index (κ1) is 10.2. The molecule has 0 aliphatic heterocycles. The number of anilines is 1. The third-order valence-corrected chi connectivity index (χ3v) is 3.39. The second kappa shape index (κ2) is 3.67. The number of carbonyl (C=O) groups is 1. The summed E-state index contributed by atoms with van der Waals surface area (Å²) >= 11 is 7.16. The molecule has 6 heteroatoms. The van der Waals surface area contributed by atoms with Crippen molar-refractivity contribution >= 4 is 34.5 Å². The number of nitrogen functional groups attached to an aromatic ring is 1. The second-order valence-electron chi connectivity index (χ2n) is 2.99. The molecule has 0 fully saturated rings. The van der Waals surface area contributed by atoms with E-state index in [1.54, 1.807) is 18.5 Å². The number of hydrogen-bond acceptors (Lipinski definition) is 4. The standard InChI is InChI=1S/C9H8ClN3OS/c1-13-9(11)5(4-12-13)7(14)8-6(10)2-3-15-8/h2-4H,11H2,1H3. The molecule has 0 radical (unpaired) electrons. The molecule has 78 valence electrons. The molecular formula is C9H8ClN3OS. The fraction of sp³-hybridized carbons (Fsp3) is 0.111. The number of hydrogen-bond donors (Lipinski definition) is 1. The van der Waals surface area contributed by atoms with Crippen LogP contribution in [0.5, 0.6) is 0 Å². The zero-order chi connectivity index (χ0) is 11.0. The van der Waals surface area contributed by atoms with E-state index in [2.05, 4.69) is 5.10 Å². The van der Waals surface area contributed by atoms with Crippen LogP contribution >= 0.6 is 22.9 Å². The van der Waals surface area contributed by atoms with Gasteiger partial charge in [0.2, 0.25) is 5.78 Å². The molecule has 0 amide bonds. The summed E-state index contributed by atoms with van der Waals surface area (Å²) in [7, 11) is 1.68. The number of halogens is 1. The molecule has 0 aliphatic carbocycles. The number of nitrogens with zero attached hydrogens (tertiary/aromatic N) is 2. The number of aromatic nitrogens is 2. The highest BCUT2D eigenvalue weighted by atomic mass is 35.5. The third kappa shape index (κ3) is 1.64. The van der Waals surface area contributed by atoms with Gasteiger partial charge in [0.15, 0.2) is 0 Å². The highest BCUT2D eigenvalue weighted by Gasteiger charge is 2.19. The van der Waals surface area contributed by atoms with E-state index in [0.29, 0.717) is 21.3 Å². The van der Waals surface area contributed by atoms with Gasteiger partial charge >= 0.3 is 0 Å². The van der Waals surface area contributed by atoms with E-state index in [4.69, 9.17) is 17.3 Å². The van der Waals surface area contributed by atoms with Crippen LogP contribution in [0, 0.1) is 0 Å². The van der Waals surface area contributed by atoms with Crippen LogP contribution in [0.4, 0.5) is 5.82 Å². The van der Waals surface area contributed by atoms with E-state index in [1.807, 2.05) is 0 Å². The van der Waals surface area contributed by atoms with E-state index in [0.717, 1.165) is 0 Å². The summed E-state index contributed by atoms with van der Waals surface area (Å²) in [6.07, 6.45) is 1.45. The average Bonchev–Trinajstić information content (AvgIpc) is 2.75. The zero-order valence-electron chi connectivity index (χ0n) is 7.90. The first-order valence-electron chi connectivity index (χ1n) is 4.16. The molecule has 2 N–H and O–H groups in total. The van der Waals surface area contributed by atoms with Crippen molar-refractivity contribution in [2.75, 3.05) is 5.73 Å². The molecule has 2 heterocycles. The van der Waals surface area contributed by atoms with Crippen molar-refractivity contribution < 1.29 is 4.79 Å². The smallest absolute Gasteiger partial charge is 0.209 e. The Morgan fingerprint density at radius 2 is 2.40 bits per heavy atom. The lowest BCUT2D eigenvalue weighted by Crippen LogP contribution is -2.04. The van der Waals surface area contributed by atoms with Crippen LogP contribution in [-0.2, 0) is 7.05 Å². The predicted octanol–water partition coefficient (Wildman–Crippen LogP) is 1.95. The van der Waals surface area contributed by atoms with Crippen molar-refractivity contribution in [2.45, 2.75) is 0 Å². The average molecular weight is 242 g/mol. The summed E-state index contributed by atoms with van der Waals surface area (Å²) in [6, 6.07) is 1.69. The summed E-state index contributed by atoms with van der Waals surface area (Å²) < 4.78 is 1.45. The Labute approximate surface area is 95.3 Å². The van der Waals surface area contributed by atoms with Crippen molar-refractivity contribution in [3.63, 3.8) is 0 Å². The Morgan fingerprint density at radius 3 is 2.87 bits per heavy atom. The van der Waals surface area contributed by atoms with Gasteiger partial charge in [-0.25, -0.2) is 0 Å². The summed E-state index contributed by atoms with van der Waals surface area (Å²) in [5.41, 5.74) is 6.09. The van der Waals surface area contributed by atoms with Gasteiger partial charge in [0.1, 0.15) is 5.82 Å². The minimum Gasteiger partial charge on any atom is -0.383 e. The van der Waals surface area contributed by atoms with Crippen LogP contribution in [0.2, 0.25) is 5.02 Å². The Morgan fingerprint density at radius 1 is 1.67 bits per heavy atom. The van der Waals surface area contributed by atoms with Crippen LogP contribution in [0.3, 0.4) is 0 Å². The molecule has 0 saturated carbocycles. The molecule has 2 aromatic rings. The summed E-state index contributed by atoms with van der Waals surface area (Å²) in [6.45, 7) is 0. The van der Waals surface area contributed by atoms with Gasteiger partial charge in [-0.05, 0) is 11.4 Å². The second-order valence-corrected chi connectivity index (χ2v) is 4.32. The maximum absolute atomic E-state index is 12.0. The lowest BCUT2D eigenvalue weighted by Gasteiger charge is -1.98. The summed E-state index contributed by atoms with van der Waals surface area (Å²) in [5, 5.41) is 6.13. The van der Waals surface area contributed by atoms with Crippen molar-refractivity contribution in [3.8, 4) is 0 Å². The van der Waals surface area contributed by atoms with Crippen LogP contribution in [0.1, 0.15) is 15.2 Å². The summed E-state index contributed by atoms with van der Waals surface area (Å²) in [4.78, 5) is 12.5. The third-order valence-electron chi connectivity index (χ3n) is 2.05. The normalized spacial score (nSPS) is 10.5. The highest BCUT2D eigenvalue weighted by molar-refractivity contribution is 7.13. The van der Waals surface area contributed by atoms with Crippen molar-refractivity contribution in [1.82, 2.24) is 9.78 Å². The van der Waals surface area contributed by atoms with E-state index >= 15 is 0 Å². The topological polar surface area (TPSA) is 60.9 Å². The van der Waals surface area contributed by atoms with Crippen LogP contribution in [0.15, 0.2) is 17.6 Å². The molecule has 0 bridgehead atoms. The number of aryl methyl sites for hydroxylation is 1. The van der Waals surface area contributed by atoms with Crippen LogP contribution < -0.4 is 5.73 Å². The molecule has 2 aromatic heterocycles. The van der Waals surface area contributed by atoms with Gasteiger partial charge in [0.05, 0.1) is 21.7 Å². The van der Waals surface area contributed by atoms with Gasteiger partial charge in [0.25, 0.3) is 0 Å². The molecule has 0 spiro atoms. The van der Waals surface area contributed by atoms with E-state index < -0.39 is 0 Å². The van der Waals surface area contributed by atoms with Gasteiger partial charge in [-0.1, -0.05) is 11.6 Å². The number of nitrogens with two attached hydrogens (primary N) is 1. The van der Waals surface area contributed by atoms with Gasteiger partial charge in [-0.2, -0.15) is 5.10 Å². The number of ketones is 1. The summed E-state index contributed by atoms with van der Waals surface area (Å²) in [5.74, 6) is 0.171. The lowest BCUT2D eigenvalue weighted by atomic mass is 10.2. The zero-order valence-corrected chi connectivity index (χ0v) is 9.47. The number of rotatable bonds is 2. The Hall–Kier alpha value is -1.33. The quantitative estimate of drug-likeness (QED) is 0.818. The monoisotopic (exact) mass is 241 g/mol. The minimum atomic E-state index is -0.180.